The molecular formula is C16H12N4O. The fraction of sp³-hybridized carbons (Fsp3) is 0.0625. The van der Waals surface area contributed by atoms with Crippen molar-refractivity contribution < 1.29 is 4.74 Å². The Kier molecular flexibility index (Phi) is 2.57. The highest BCUT2D eigenvalue weighted by atomic mass is 16.5. The highest BCUT2D eigenvalue weighted by Crippen LogP contribution is 2.25. The molecule has 0 radical (unpaired) electrons. The SMILES string of the molecule is COc1ccc(-c2nc3c(ccc4nccnc43)[nH]2)cc1. The lowest BCUT2D eigenvalue weighted by Crippen LogP contribution is -1.84. The smallest absolute Gasteiger partial charge is 0.138 e. The van der Waals surface area contributed by atoms with Gasteiger partial charge in [0.1, 0.15) is 22.6 Å². The van der Waals surface area contributed by atoms with Crippen LogP contribution < -0.4 is 4.74 Å². The van der Waals surface area contributed by atoms with Gasteiger partial charge in [-0.15, -0.1) is 0 Å². The Morgan fingerprint density at radius 2 is 1.71 bits per heavy atom. The molecule has 0 fully saturated rings. The van der Waals surface area contributed by atoms with Crippen molar-refractivity contribution in [1.82, 2.24) is 19.9 Å². The molecule has 5 heteroatoms. The van der Waals surface area contributed by atoms with Crippen LogP contribution in [0.3, 0.4) is 0 Å². The van der Waals surface area contributed by atoms with Crippen molar-refractivity contribution in [3.05, 3.63) is 48.8 Å². The van der Waals surface area contributed by atoms with Crippen molar-refractivity contribution in [3.8, 4) is 17.1 Å². The average molecular weight is 276 g/mol. The third kappa shape index (κ3) is 1.90. The lowest BCUT2D eigenvalue weighted by Gasteiger charge is -2.00. The molecule has 5 nitrogen and oxygen atoms in total. The third-order valence-corrected chi connectivity index (χ3v) is 3.45. The largest absolute Gasteiger partial charge is 0.497 e. The van der Waals surface area contributed by atoms with Crippen molar-refractivity contribution in [1.29, 1.82) is 0 Å². The Labute approximate surface area is 120 Å². The number of hydrogen-bond donors (Lipinski definition) is 1. The second-order valence-corrected chi connectivity index (χ2v) is 4.70. The van der Waals surface area contributed by atoms with Crippen LogP contribution >= 0.6 is 0 Å². The second kappa shape index (κ2) is 4.56. The van der Waals surface area contributed by atoms with Gasteiger partial charge in [0.2, 0.25) is 0 Å². The molecule has 0 bridgehead atoms. The summed E-state index contributed by atoms with van der Waals surface area (Å²) in [5.74, 6) is 1.64. The molecule has 4 aromatic rings. The minimum atomic E-state index is 0.811. The van der Waals surface area contributed by atoms with E-state index < -0.39 is 0 Å². The first-order valence-electron chi connectivity index (χ1n) is 6.59. The molecule has 1 N–H and O–H groups in total. The van der Waals surface area contributed by atoms with Crippen molar-refractivity contribution in [2.24, 2.45) is 0 Å². The van der Waals surface area contributed by atoms with E-state index in [0.717, 1.165) is 39.2 Å². The lowest BCUT2D eigenvalue weighted by atomic mass is 10.2. The molecule has 0 atom stereocenters. The molecule has 0 saturated carbocycles. The molecule has 0 saturated heterocycles. The van der Waals surface area contributed by atoms with E-state index in [9.17, 15) is 0 Å². The van der Waals surface area contributed by atoms with Crippen LogP contribution in [-0.4, -0.2) is 27.0 Å². The summed E-state index contributed by atoms with van der Waals surface area (Å²) in [6.45, 7) is 0. The predicted molar refractivity (Wildman–Crippen MR) is 81.2 cm³/mol. The maximum atomic E-state index is 5.17. The van der Waals surface area contributed by atoms with Gasteiger partial charge in [0.25, 0.3) is 0 Å². The number of ether oxygens (including phenoxy) is 1. The molecule has 0 amide bonds. The van der Waals surface area contributed by atoms with Gasteiger partial charge < -0.3 is 9.72 Å². The Hall–Kier alpha value is -2.95. The summed E-state index contributed by atoms with van der Waals surface area (Å²) in [5, 5.41) is 0. The number of hydrogen-bond acceptors (Lipinski definition) is 4. The van der Waals surface area contributed by atoms with Gasteiger partial charge in [-0.3, -0.25) is 9.97 Å². The highest BCUT2D eigenvalue weighted by molar-refractivity contribution is 6.00. The highest BCUT2D eigenvalue weighted by Gasteiger charge is 2.09. The summed E-state index contributed by atoms with van der Waals surface area (Å²) >= 11 is 0. The van der Waals surface area contributed by atoms with E-state index in [1.165, 1.54) is 0 Å². The van der Waals surface area contributed by atoms with Gasteiger partial charge in [0, 0.05) is 18.0 Å². The van der Waals surface area contributed by atoms with Gasteiger partial charge in [-0.05, 0) is 36.4 Å². The van der Waals surface area contributed by atoms with E-state index >= 15 is 0 Å². The van der Waals surface area contributed by atoms with Crippen molar-refractivity contribution in [2.75, 3.05) is 7.11 Å². The van der Waals surface area contributed by atoms with Gasteiger partial charge in [-0.1, -0.05) is 0 Å². The number of H-pyrrole nitrogens is 1. The summed E-state index contributed by atoms with van der Waals surface area (Å²) < 4.78 is 5.17. The van der Waals surface area contributed by atoms with E-state index in [0.29, 0.717) is 0 Å². The molecule has 2 aromatic carbocycles. The van der Waals surface area contributed by atoms with Crippen molar-refractivity contribution >= 4 is 22.1 Å². The van der Waals surface area contributed by atoms with Crippen LogP contribution in [-0.2, 0) is 0 Å². The van der Waals surface area contributed by atoms with E-state index in [-0.39, 0.29) is 0 Å². The number of methoxy groups -OCH3 is 1. The lowest BCUT2D eigenvalue weighted by molar-refractivity contribution is 0.415. The molecule has 102 valence electrons. The van der Waals surface area contributed by atoms with Crippen LogP contribution in [0.4, 0.5) is 0 Å². The fourth-order valence-corrected chi connectivity index (χ4v) is 2.39. The van der Waals surface area contributed by atoms with Crippen LogP contribution in [0.5, 0.6) is 5.75 Å². The maximum absolute atomic E-state index is 5.17. The Bertz CT molecular complexity index is 928. The van der Waals surface area contributed by atoms with Gasteiger partial charge in [-0.2, -0.15) is 0 Å². The molecule has 21 heavy (non-hydrogen) atoms. The monoisotopic (exact) mass is 276 g/mol. The maximum Gasteiger partial charge on any atom is 0.138 e. The summed E-state index contributed by atoms with van der Waals surface area (Å²) in [5.41, 5.74) is 4.45. The van der Waals surface area contributed by atoms with Crippen LogP contribution in [0.1, 0.15) is 0 Å². The zero-order valence-corrected chi connectivity index (χ0v) is 11.4. The topological polar surface area (TPSA) is 63.7 Å². The van der Waals surface area contributed by atoms with E-state index in [1.54, 1.807) is 19.5 Å². The molecular weight excluding hydrogens is 264 g/mol. The number of imidazole rings is 1. The second-order valence-electron chi connectivity index (χ2n) is 4.70. The number of rotatable bonds is 2. The molecule has 0 unspecified atom stereocenters. The van der Waals surface area contributed by atoms with Crippen molar-refractivity contribution in [3.63, 3.8) is 0 Å². The number of benzene rings is 2. The van der Waals surface area contributed by atoms with Crippen LogP contribution in [0.25, 0.3) is 33.5 Å². The third-order valence-electron chi connectivity index (χ3n) is 3.45. The molecule has 0 aliphatic heterocycles. The number of nitrogens with zero attached hydrogens (tertiary/aromatic N) is 3. The number of nitrogens with one attached hydrogen (secondary N) is 1. The Balaban J connectivity index is 1.91. The summed E-state index contributed by atoms with van der Waals surface area (Å²) in [7, 11) is 1.65. The van der Waals surface area contributed by atoms with Gasteiger partial charge in [0.05, 0.1) is 18.1 Å². The van der Waals surface area contributed by atoms with Crippen molar-refractivity contribution in [2.45, 2.75) is 0 Å². The first kappa shape index (κ1) is 11.8. The number of aromatic nitrogens is 4. The quantitative estimate of drug-likeness (QED) is 0.610. The predicted octanol–water partition coefficient (Wildman–Crippen LogP) is 3.18. The number of fused-ring (bicyclic) bond motifs is 3. The summed E-state index contributed by atoms with van der Waals surface area (Å²) in [6.07, 6.45) is 3.37. The zero-order valence-electron chi connectivity index (χ0n) is 11.4. The first-order valence-corrected chi connectivity index (χ1v) is 6.59. The summed E-state index contributed by atoms with van der Waals surface area (Å²) in [4.78, 5) is 16.7. The van der Waals surface area contributed by atoms with E-state index in [1.807, 2.05) is 36.4 Å². The molecule has 0 spiro atoms. The average Bonchev–Trinajstić information content (AvgIpc) is 2.99. The molecule has 0 aliphatic rings. The fourth-order valence-electron chi connectivity index (χ4n) is 2.39. The van der Waals surface area contributed by atoms with Gasteiger partial charge in [0.15, 0.2) is 0 Å². The minimum absolute atomic E-state index is 0.811. The molecule has 2 aromatic heterocycles. The minimum Gasteiger partial charge on any atom is -0.497 e. The van der Waals surface area contributed by atoms with Gasteiger partial charge in [-0.25, -0.2) is 4.98 Å². The summed E-state index contributed by atoms with van der Waals surface area (Å²) in [6, 6.07) is 11.7. The number of aromatic amines is 1. The zero-order chi connectivity index (χ0) is 14.2. The standard InChI is InChI=1S/C16H12N4O/c1-21-11-4-2-10(3-5-11)16-19-13-7-6-12-14(15(13)20-16)18-9-8-17-12/h2-9H,1H3,(H,19,20). The van der Waals surface area contributed by atoms with E-state index in [4.69, 9.17) is 4.74 Å². The normalized spacial score (nSPS) is 11.1. The molecule has 0 aliphatic carbocycles. The van der Waals surface area contributed by atoms with Crippen LogP contribution in [0.15, 0.2) is 48.8 Å². The van der Waals surface area contributed by atoms with Crippen LogP contribution in [0, 0.1) is 0 Å². The van der Waals surface area contributed by atoms with Gasteiger partial charge >= 0.3 is 0 Å². The molecule has 4 rings (SSSR count). The first-order chi connectivity index (χ1) is 10.3. The Morgan fingerprint density at radius 1 is 0.905 bits per heavy atom. The van der Waals surface area contributed by atoms with E-state index in [2.05, 4.69) is 19.9 Å². The Morgan fingerprint density at radius 3 is 2.52 bits per heavy atom. The van der Waals surface area contributed by atoms with Crippen LogP contribution in [0.2, 0.25) is 0 Å². The molecule has 2 heterocycles.